The number of aryl methyl sites for hydroxylation is 1. The van der Waals surface area contributed by atoms with Crippen LogP contribution in [0, 0.1) is 6.92 Å². The van der Waals surface area contributed by atoms with Crippen molar-refractivity contribution in [3.8, 4) is 5.75 Å². The summed E-state index contributed by atoms with van der Waals surface area (Å²) in [6, 6.07) is 16.0. The number of benzene rings is 2. The van der Waals surface area contributed by atoms with E-state index in [0.29, 0.717) is 16.9 Å². The maximum Gasteiger partial charge on any atom is 0.336 e. The molecule has 0 N–H and O–H groups in total. The maximum atomic E-state index is 12.8. The van der Waals surface area contributed by atoms with Crippen molar-refractivity contribution in [2.24, 2.45) is 7.05 Å². The number of hydrogen-bond donors (Lipinski definition) is 0. The molecule has 0 unspecified atom stereocenters. The van der Waals surface area contributed by atoms with Crippen LogP contribution < -0.4 is 10.4 Å². The van der Waals surface area contributed by atoms with Crippen LogP contribution in [0.4, 0.5) is 0 Å². The molecule has 2 heterocycles. The van der Waals surface area contributed by atoms with Crippen LogP contribution in [0.25, 0.3) is 21.9 Å². The van der Waals surface area contributed by atoms with Crippen molar-refractivity contribution in [3.05, 3.63) is 76.3 Å². The molecule has 0 atom stereocenters. The van der Waals surface area contributed by atoms with Crippen molar-refractivity contribution in [1.29, 1.82) is 0 Å². The highest BCUT2D eigenvalue weighted by Crippen LogP contribution is 2.26. The molecule has 0 saturated carbocycles. The van der Waals surface area contributed by atoms with Gasteiger partial charge < -0.3 is 13.7 Å². The van der Waals surface area contributed by atoms with Crippen LogP contribution in [-0.4, -0.2) is 17.0 Å². The van der Waals surface area contributed by atoms with Gasteiger partial charge in [0.2, 0.25) is 5.78 Å². The molecule has 0 aliphatic rings. The van der Waals surface area contributed by atoms with Crippen molar-refractivity contribution < 1.29 is 13.9 Å². The lowest BCUT2D eigenvalue weighted by Crippen LogP contribution is -2.13. The lowest BCUT2D eigenvalue weighted by atomic mass is 10.1. The highest BCUT2D eigenvalue weighted by atomic mass is 16.5. The Bertz CT molecular complexity index is 1200. The number of para-hydroxylation sites is 1. The zero-order valence-electron chi connectivity index (χ0n) is 14.5. The van der Waals surface area contributed by atoms with Crippen LogP contribution in [0.2, 0.25) is 0 Å². The van der Waals surface area contributed by atoms with Crippen LogP contribution in [-0.2, 0) is 7.05 Å². The Hall–Kier alpha value is -3.34. The Morgan fingerprint density at radius 2 is 1.88 bits per heavy atom. The van der Waals surface area contributed by atoms with Gasteiger partial charge in [0, 0.05) is 46.7 Å². The number of aromatic nitrogens is 1. The minimum Gasteiger partial charge on any atom is -0.485 e. The number of carbonyl (C=O) groups is 1. The van der Waals surface area contributed by atoms with Crippen LogP contribution >= 0.6 is 0 Å². The highest BCUT2D eigenvalue weighted by molar-refractivity contribution is 6.10. The van der Waals surface area contributed by atoms with Crippen LogP contribution in [0.5, 0.6) is 5.75 Å². The molecular formula is C21H17NO4. The first-order valence-corrected chi connectivity index (χ1v) is 8.28. The van der Waals surface area contributed by atoms with Crippen molar-refractivity contribution in [2.45, 2.75) is 6.92 Å². The molecule has 130 valence electrons. The zero-order chi connectivity index (χ0) is 18.3. The summed E-state index contributed by atoms with van der Waals surface area (Å²) in [6.45, 7) is 1.84. The maximum absolute atomic E-state index is 12.8. The predicted molar refractivity (Wildman–Crippen MR) is 100.0 cm³/mol. The molecule has 2 aromatic carbocycles. The van der Waals surface area contributed by atoms with E-state index in [2.05, 4.69) is 0 Å². The molecule has 4 rings (SSSR count). The number of fused-ring (bicyclic) bond motifs is 2. The lowest BCUT2D eigenvalue weighted by Gasteiger charge is -2.07. The summed E-state index contributed by atoms with van der Waals surface area (Å²) in [5, 5.41) is 1.72. The fourth-order valence-electron chi connectivity index (χ4n) is 3.22. The van der Waals surface area contributed by atoms with Crippen LogP contribution in [0.1, 0.15) is 16.1 Å². The summed E-state index contributed by atoms with van der Waals surface area (Å²) < 4.78 is 12.8. The van der Waals surface area contributed by atoms with E-state index in [9.17, 15) is 9.59 Å². The molecule has 0 amide bonds. The van der Waals surface area contributed by atoms with E-state index < -0.39 is 5.63 Å². The average Bonchev–Trinajstić information content (AvgIpc) is 2.90. The first-order chi connectivity index (χ1) is 12.5. The molecule has 2 aromatic heterocycles. The van der Waals surface area contributed by atoms with Gasteiger partial charge in [-0.15, -0.1) is 0 Å². The Morgan fingerprint density at radius 3 is 2.73 bits per heavy atom. The molecule has 0 aliphatic carbocycles. The monoisotopic (exact) mass is 347 g/mol. The predicted octanol–water partition coefficient (Wildman–Crippen LogP) is 3.85. The molecule has 0 radical (unpaired) electrons. The first-order valence-electron chi connectivity index (χ1n) is 8.28. The molecule has 0 spiro atoms. The smallest absolute Gasteiger partial charge is 0.336 e. The third kappa shape index (κ3) is 2.67. The van der Waals surface area contributed by atoms with E-state index in [1.54, 1.807) is 24.3 Å². The average molecular weight is 347 g/mol. The molecule has 0 fully saturated rings. The van der Waals surface area contributed by atoms with Crippen molar-refractivity contribution in [1.82, 2.24) is 4.57 Å². The second kappa shape index (κ2) is 6.19. The third-order valence-corrected chi connectivity index (χ3v) is 4.64. The van der Waals surface area contributed by atoms with E-state index in [1.165, 1.54) is 6.07 Å². The van der Waals surface area contributed by atoms with Crippen molar-refractivity contribution in [2.75, 3.05) is 6.61 Å². The van der Waals surface area contributed by atoms with Crippen molar-refractivity contribution >= 4 is 27.7 Å². The zero-order valence-corrected chi connectivity index (χ0v) is 14.5. The molecule has 0 saturated heterocycles. The van der Waals surface area contributed by atoms with Gasteiger partial charge in [0.05, 0.1) is 0 Å². The molecule has 0 bridgehead atoms. The van der Waals surface area contributed by atoms with E-state index in [4.69, 9.17) is 9.15 Å². The Kier molecular flexibility index (Phi) is 3.84. The fraction of sp³-hybridized carbons (Fsp3) is 0.143. The number of carbonyl (C=O) groups excluding carboxylic acids is 1. The number of ketones is 1. The Labute approximate surface area is 149 Å². The quantitative estimate of drug-likeness (QED) is 0.415. The van der Waals surface area contributed by atoms with Gasteiger partial charge in [0.1, 0.15) is 11.3 Å². The van der Waals surface area contributed by atoms with Gasteiger partial charge in [0.25, 0.3) is 0 Å². The molecular weight excluding hydrogens is 330 g/mol. The minimum absolute atomic E-state index is 0.0859. The van der Waals surface area contributed by atoms with E-state index in [1.807, 2.05) is 42.8 Å². The van der Waals surface area contributed by atoms with Gasteiger partial charge >= 0.3 is 5.63 Å². The summed E-state index contributed by atoms with van der Waals surface area (Å²) >= 11 is 0. The largest absolute Gasteiger partial charge is 0.485 e. The summed E-state index contributed by atoms with van der Waals surface area (Å²) in [4.78, 5) is 24.1. The van der Waals surface area contributed by atoms with Gasteiger partial charge in [-0.05, 0) is 31.2 Å². The van der Waals surface area contributed by atoms with Gasteiger partial charge in [-0.2, -0.15) is 0 Å². The molecule has 26 heavy (non-hydrogen) atoms. The van der Waals surface area contributed by atoms with E-state index in [0.717, 1.165) is 22.0 Å². The number of Topliss-reactive ketones (excluding diaryl/α,β-unsaturated/α-hetero) is 1. The van der Waals surface area contributed by atoms with Gasteiger partial charge in [0.15, 0.2) is 6.61 Å². The number of nitrogens with zero attached hydrogens (tertiary/aromatic N) is 1. The van der Waals surface area contributed by atoms with Gasteiger partial charge in [-0.25, -0.2) is 4.79 Å². The topological polar surface area (TPSA) is 61.4 Å². The Balaban J connectivity index is 1.62. The number of ether oxygens (including phenoxy) is 1. The van der Waals surface area contributed by atoms with Crippen LogP contribution in [0.3, 0.4) is 0 Å². The van der Waals surface area contributed by atoms with Gasteiger partial charge in [-0.3, -0.25) is 4.79 Å². The molecule has 5 heteroatoms. The SMILES string of the molecule is Cc1c(C(=O)COc2ccc3ccc(=O)oc3c2)c2ccccc2n1C. The van der Waals surface area contributed by atoms with E-state index in [-0.39, 0.29) is 12.4 Å². The molecule has 0 aliphatic heterocycles. The lowest BCUT2D eigenvalue weighted by molar-refractivity contribution is 0.0922. The number of rotatable bonds is 4. The third-order valence-electron chi connectivity index (χ3n) is 4.64. The highest BCUT2D eigenvalue weighted by Gasteiger charge is 2.18. The Morgan fingerprint density at radius 1 is 1.12 bits per heavy atom. The molecule has 4 aromatic rings. The first kappa shape index (κ1) is 16.1. The van der Waals surface area contributed by atoms with Gasteiger partial charge in [-0.1, -0.05) is 18.2 Å². The summed E-state index contributed by atoms with van der Waals surface area (Å²) in [5.41, 5.74) is 2.61. The summed E-state index contributed by atoms with van der Waals surface area (Å²) in [5.74, 6) is 0.395. The molecule has 5 nitrogen and oxygen atoms in total. The fourth-order valence-corrected chi connectivity index (χ4v) is 3.22. The summed E-state index contributed by atoms with van der Waals surface area (Å²) in [7, 11) is 1.95. The second-order valence-corrected chi connectivity index (χ2v) is 6.20. The van der Waals surface area contributed by atoms with Crippen molar-refractivity contribution in [3.63, 3.8) is 0 Å². The standard InChI is InChI=1S/C21H17NO4/c1-13-21(16-5-3-4-6-17(16)22(13)2)18(23)12-25-15-9-7-14-8-10-20(24)26-19(14)11-15/h3-11H,12H2,1-2H3. The normalized spacial score (nSPS) is 11.2. The van der Waals surface area contributed by atoms with Crippen LogP contribution in [0.15, 0.2) is 63.8 Å². The number of hydrogen-bond acceptors (Lipinski definition) is 4. The van der Waals surface area contributed by atoms with E-state index >= 15 is 0 Å². The second-order valence-electron chi connectivity index (χ2n) is 6.20. The minimum atomic E-state index is -0.419. The summed E-state index contributed by atoms with van der Waals surface area (Å²) in [6.07, 6.45) is 0.